The minimum Gasteiger partial charge on any atom is -0.260 e. The Hall–Kier alpha value is -2.21. The zero-order valence-corrected chi connectivity index (χ0v) is 11.8. The third kappa shape index (κ3) is 2.08. The Bertz CT molecular complexity index is 696. The second kappa shape index (κ2) is 5.05. The highest BCUT2D eigenvalue weighted by atomic mass is 14.7. The smallest absolute Gasteiger partial charge is 0.141 e. The minimum absolute atomic E-state index is 0.456. The Labute approximate surface area is 119 Å². The van der Waals surface area contributed by atoms with E-state index in [0.717, 1.165) is 24.0 Å². The summed E-state index contributed by atoms with van der Waals surface area (Å²) in [5.41, 5.74) is 6.72. The molecule has 0 amide bonds. The monoisotopic (exact) mass is 263 g/mol. The van der Waals surface area contributed by atoms with E-state index in [0.29, 0.717) is 11.6 Å². The number of aromatic nitrogens is 2. The molecular formula is C17H17N3. The van der Waals surface area contributed by atoms with E-state index < -0.39 is 0 Å². The summed E-state index contributed by atoms with van der Waals surface area (Å²) >= 11 is 0. The Morgan fingerprint density at radius 1 is 1.25 bits per heavy atom. The van der Waals surface area contributed by atoms with Crippen LogP contribution in [-0.4, -0.2) is 9.97 Å². The van der Waals surface area contributed by atoms with E-state index in [9.17, 15) is 0 Å². The SMILES string of the molecule is CC(C)c1c(-c2ccnc(C#N)c2)cnc2c1CCC2. The summed E-state index contributed by atoms with van der Waals surface area (Å²) in [5.74, 6) is 0.457. The Kier molecular flexibility index (Phi) is 3.23. The lowest BCUT2D eigenvalue weighted by atomic mass is 9.89. The summed E-state index contributed by atoms with van der Waals surface area (Å²) < 4.78 is 0. The second-order valence-electron chi connectivity index (χ2n) is 5.56. The first-order valence-electron chi connectivity index (χ1n) is 7.08. The van der Waals surface area contributed by atoms with Crippen LogP contribution >= 0.6 is 0 Å². The molecule has 2 aromatic heterocycles. The summed E-state index contributed by atoms with van der Waals surface area (Å²) in [4.78, 5) is 8.68. The summed E-state index contributed by atoms with van der Waals surface area (Å²) in [6.07, 6.45) is 7.08. The fourth-order valence-electron chi connectivity index (χ4n) is 3.08. The van der Waals surface area contributed by atoms with Crippen molar-refractivity contribution in [2.45, 2.75) is 39.0 Å². The van der Waals surface area contributed by atoms with E-state index in [1.807, 2.05) is 18.3 Å². The van der Waals surface area contributed by atoms with Crippen molar-refractivity contribution in [3.05, 3.63) is 47.0 Å². The lowest BCUT2D eigenvalue weighted by Gasteiger charge is -2.17. The van der Waals surface area contributed by atoms with E-state index in [1.165, 1.54) is 23.2 Å². The van der Waals surface area contributed by atoms with Gasteiger partial charge in [-0.2, -0.15) is 5.26 Å². The van der Waals surface area contributed by atoms with Gasteiger partial charge in [0.25, 0.3) is 0 Å². The Morgan fingerprint density at radius 2 is 2.10 bits per heavy atom. The number of hydrogen-bond acceptors (Lipinski definition) is 3. The van der Waals surface area contributed by atoms with Gasteiger partial charge < -0.3 is 0 Å². The largest absolute Gasteiger partial charge is 0.260 e. The van der Waals surface area contributed by atoms with Gasteiger partial charge in [0.15, 0.2) is 0 Å². The molecule has 2 heterocycles. The highest BCUT2D eigenvalue weighted by molar-refractivity contribution is 5.70. The van der Waals surface area contributed by atoms with Gasteiger partial charge in [0.05, 0.1) is 0 Å². The normalized spacial score (nSPS) is 13.3. The molecule has 20 heavy (non-hydrogen) atoms. The molecule has 0 saturated heterocycles. The molecule has 100 valence electrons. The van der Waals surface area contributed by atoms with Crippen LogP contribution in [0.1, 0.15) is 48.7 Å². The average molecular weight is 263 g/mol. The van der Waals surface area contributed by atoms with Crippen LogP contribution in [0, 0.1) is 11.3 Å². The van der Waals surface area contributed by atoms with Crippen molar-refractivity contribution in [3.63, 3.8) is 0 Å². The molecule has 3 rings (SSSR count). The van der Waals surface area contributed by atoms with Crippen LogP contribution < -0.4 is 0 Å². The quantitative estimate of drug-likeness (QED) is 0.831. The summed E-state index contributed by atoms with van der Waals surface area (Å²) in [7, 11) is 0. The van der Waals surface area contributed by atoms with Gasteiger partial charge in [-0.25, -0.2) is 4.98 Å². The number of hydrogen-bond donors (Lipinski definition) is 0. The number of rotatable bonds is 2. The van der Waals surface area contributed by atoms with Gasteiger partial charge in [0.1, 0.15) is 11.8 Å². The van der Waals surface area contributed by atoms with Crippen LogP contribution in [0.3, 0.4) is 0 Å². The average Bonchev–Trinajstić information content (AvgIpc) is 2.94. The molecule has 0 fully saturated rings. The molecule has 0 unspecified atom stereocenters. The van der Waals surface area contributed by atoms with Crippen molar-refractivity contribution < 1.29 is 0 Å². The van der Waals surface area contributed by atoms with Crippen LogP contribution in [0.2, 0.25) is 0 Å². The van der Waals surface area contributed by atoms with E-state index in [1.54, 1.807) is 6.20 Å². The van der Waals surface area contributed by atoms with Crippen LogP contribution in [0.5, 0.6) is 0 Å². The number of nitrogens with zero attached hydrogens (tertiary/aromatic N) is 3. The van der Waals surface area contributed by atoms with E-state index in [4.69, 9.17) is 5.26 Å². The highest BCUT2D eigenvalue weighted by Crippen LogP contribution is 2.36. The Morgan fingerprint density at radius 3 is 2.85 bits per heavy atom. The molecule has 3 heteroatoms. The van der Waals surface area contributed by atoms with Crippen molar-refractivity contribution in [2.75, 3.05) is 0 Å². The van der Waals surface area contributed by atoms with Crippen LogP contribution in [0.25, 0.3) is 11.1 Å². The molecule has 0 radical (unpaired) electrons. The van der Waals surface area contributed by atoms with Gasteiger partial charge in [-0.1, -0.05) is 13.8 Å². The number of aryl methyl sites for hydroxylation is 1. The Balaban J connectivity index is 2.21. The fourth-order valence-corrected chi connectivity index (χ4v) is 3.08. The standard InChI is InChI=1S/C17H17N3/c1-11(2)17-14-4-3-5-16(14)20-10-15(17)12-6-7-19-13(8-12)9-18/h6-8,10-11H,3-5H2,1-2H3. The van der Waals surface area contributed by atoms with Crippen LogP contribution in [0.4, 0.5) is 0 Å². The molecule has 1 aliphatic rings. The topological polar surface area (TPSA) is 49.6 Å². The van der Waals surface area contributed by atoms with Gasteiger partial charge in [-0.3, -0.25) is 4.98 Å². The van der Waals surface area contributed by atoms with Crippen LogP contribution in [0.15, 0.2) is 24.5 Å². The first-order chi connectivity index (χ1) is 9.70. The van der Waals surface area contributed by atoms with Crippen LogP contribution in [-0.2, 0) is 12.8 Å². The van der Waals surface area contributed by atoms with Gasteiger partial charge in [0, 0.05) is 23.7 Å². The van der Waals surface area contributed by atoms with Gasteiger partial charge in [0.2, 0.25) is 0 Å². The minimum atomic E-state index is 0.456. The third-order valence-corrected chi connectivity index (χ3v) is 3.92. The zero-order chi connectivity index (χ0) is 14.1. The van der Waals surface area contributed by atoms with E-state index in [2.05, 4.69) is 29.9 Å². The molecule has 1 aliphatic carbocycles. The third-order valence-electron chi connectivity index (χ3n) is 3.92. The van der Waals surface area contributed by atoms with Crippen molar-refractivity contribution in [2.24, 2.45) is 0 Å². The molecule has 0 spiro atoms. The molecule has 3 nitrogen and oxygen atoms in total. The van der Waals surface area contributed by atoms with Crippen molar-refractivity contribution in [3.8, 4) is 17.2 Å². The maximum atomic E-state index is 9.01. The number of fused-ring (bicyclic) bond motifs is 1. The second-order valence-corrected chi connectivity index (χ2v) is 5.56. The first-order valence-corrected chi connectivity index (χ1v) is 7.08. The first kappa shape index (κ1) is 12.8. The molecule has 0 N–H and O–H groups in total. The highest BCUT2D eigenvalue weighted by Gasteiger charge is 2.21. The van der Waals surface area contributed by atoms with E-state index in [-0.39, 0.29) is 0 Å². The zero-order valence-electron chi connectivity index (χ0n) is 11.8. The van der Waals surface area contributed by atoms with E-state index >= 15 is 0 Å². The number of nitriles is 1. The van der Waals surface area contributed by atoms with Crippen molar-refractivity contribution in [1.82, 2.24) is 9.97 Å². The van der Waals surface area contributed by atoms with Gasteiger partial charge >= 0.3 is 0 Å². The summed E-state index contributed by atoms with van der Waals surface area (Å²) in [6.45, 7) is 4.45. The molecular weight excluding hydrogens is 246 g/mol. The predicted molar refractivity (Wildman–Crippen MR) is 78.3 cm³/mol. The summed E-state index contributed by atoms with van der Waals surface area (Å²) in [6, 6.07) is 5.92. The molecule has 0 saturated carbocycles. The van der Waals surface area contributed by atoms with Crippen molar-refractivity contribution >= 4 is 0 Å². The fraction of sp³-hybridized carbons (Fsp3) is 0.353. The summed E-state index contributed by atoms with van der Waals surface area (Å²) in [5, 5.41) is 9.01. The lowest BCUT2D eigenvalue weighted by Crippen LogP contribution is -2.02. The lowest BCUT2D eigenvalue weighted by molar-refractivity contribution is 0.839. The maximum absolute atomic E-state index is 9.01. The number of pyridine rings is 2. The maximum Gasteiger partial charge on any atom is 0.141 e. The molecule has 0 aromatic carbocycles. The molecule has 2 aromatic rings. The van der Waals surface area contributed by atoms with Gasteiger partial charge in [-0.15, -0.1) is 0 Å². The molecule has 0 aliphatic heterocycles. The predicted octanol–water partition coefficient (Wildman–Crippen LogP) is 3.63. The molecule has 0 atom stereocenters. The van der Waals surface area contributed by atoms with Crippen molar-refractivity contribution in [1.29, 1.82) is 5.26 Å². The molecule has 0 bridgehead atoms. The van der Waals surface area contributed by atoms with Gasteiger partial charge in [-0.05, 0) is 54.0 Å².